The van der Waals surface area contributed by atoms with Crippen molar-refractivity contribution < 1.29 is 0 Å². The molecule has 0 aromatic heterocycles. The van der Waals surface area contributed by atoms with E-state index >= 15 is 0 Å². The van der Waals surface area contributed by atoms with Crippen LogP contribution in [-0.2, 0) is 0 Å². The SMILES string of the molecule is CC(C)CCCCCCCCCCCCI. The van der Waals surface area contributed by atoms with Gasteiger partial charge in [-0.3, -0.25) is 0 Å². The lowest BCUT2D eigenvalue weighted by Gasteiger charge is -2.04. The van der Waals surface area contributed by atoms with E-state index in [4.69, 9.17) is 0 Å². The second kappa shape index (κ2) is 13.8. The van der Waals surface area contributed by atoms with Crippen molar-refractivity contribution in [1.82, 2.24) is 0 Å². The Bertz CT molecular complexity index is 121. The number of hydrogen-bond acceptors (Lipinski definition) is 0. The van der Waals surface area contributed by atoms with Crippen molar-refractivity contribution in [3.05, 3.63) is 0 Å². The van der Waals surface area contributed by atoms with E-state index in [1.54, 1.807) is 0 Å². The molecular weight excluding hydrogens is 307 g/mol. The van der Waals surface area contributed by atoms with Gasteiger partial charge in [-0.2, -0.15) is 0 Å². The quantitative estimate of drug-likeness (QED) is 0.220. The van der Waals surface area contributed by atoms with Crippen LogP contribution in [0.3, 0.4) is 0 Å². The topological polar surface area (TPSA) is 0 Å². The van der Waals surface area contributed by atoms with Crippen LogP contribution >= 0.6 is 22.6 Å². The fraction of sp³-hybridized carbons (Fsp3) is 1.00. The molecule has 16 heavy (non-hydrogen) atoms. The lowest BCUT2D eigenvalue weighted by Crippen LogP contribution is -1.87. The van der Waals surface area contributed by atoms with Crippen LogP contribution in [0.25, 0.3) is 0 Å². The minimum absolute atomic E-state index is 0.901. The van der Waals surface area contributed by atoms with Crippen molar-refractivity contribution in [2.24, 2.45) is 5.92 Å². The van der Waals surface area contributed by atoms with Gasteiger partial charge in [0.1, 0.15) is 0 Å². The van der Waals surface area contributed by atoms with E-state index < -0.39 is 0 Å². The Morgan fingerprint density at radius 3 is 1.38 bits per heavy atom. The third-order valence-corrected chi connectivity index (χ3v) is 3.93. The molecule has 0 nitrogen and oxygen atoms in total. The zero-order valence-corrected chi connectivity index (χ0v) is 13.6. The van der Waals surface area contributed by atoms with Gasteiger partial charge in [0.25, 0.3) is 0 Å². The maximum absolute atomic E-state index is 2.48. The van der Waals surface area contributed by atoms with E-state index in [-0.39, 0.29) is 0 Å². The van der Waals surface area contributed by atoms with Gasteiger partial charge in [-0.05, 0) is 16.8 Å². The minimum Gasteiger partial charge on any atom is -0.0864 e. The highest BCUT2D eigenvalue weighted by molar-refractivity contribution is 14.1. The normalized spacial score (nSPS) is 11.2. The van der Waals surface area contributed by atoms with Crippen LogP contribution in [0.4, 0.5) is 0 Å². The zero-order valence-electron chi connectivity index (χ0n) is 11.4. The summed E-state index contributed by atoms with van der Waals surface area (Å²) in [4.78, 5) is 0. The summed E-state index contributed by atoms with van der Waals surface area (Å²) < 4.78 is 1.34. The molecule has 0 aliphatic carbocycles. The van der Waals surface area contributed by atoms with Crippen LogP contribution in [0.15, 0.2) is 0 Å². The molecule has 0 radical (unpaired) electrons. The Balaban J connectivity index is 2.88. The van der Waals surface area contributed by atoms with Crippen LogP contribution in [0.2, 0.25) is 0 Å². The molecule has 0 heterocycles. The molecule has 0 aliphatic heterocycles. The largest absolute Gasteiger partial charge is 0.0864 e. The molecule has 0 rings (SSSR count). The van der Waals surface area contributed by atoms with Crippen LogP contribution < -0.4 is 0 Å². The van der Waals surface area contributed by atoms with Crippen LogP contribution in [0.5, 0.6) is 0 Å². The summed E-state index contributed by atoms with van der Waals surface area (Å²) in [7, 11) is 0. The smallest absolute Gasteiger partial charge is 0.000473 e. The molecule has 0 spiro atoms. The maximum atomic E-state index is 2.48. The lowest BCUT2D eigenvalue weighted by atomic mass is 10.0. The molecule has 0 N–H and O–H groups in total. The maximum Gasteiger partial charge on any atom is -0.000473 e. The summed E-state index contributed by atoms with van der Waals surface area (Å²) in [5.41, 5.74) is 0. The first-order chi connectivity index (χ1) is 7.77. The molecule has 0 atom stereocenters. The molecule has 0 saturated carbocycles. The van der Waals surface area contributed by atoms with Crippen molar-refractivity contribution in [2.75, 3.05) is 4.43 Å². The summed E-state index contributed by atoms with van der Waals surface area (Å²) >= 11 is 2.48. The van der Waals surface area contributed by atoms with Gasteiger partial charge < -0.3 is 0 Å². The minimum atomic E-state index is 0.901. The van der Waals surface area contributed by atoms with E-state index in [0.29, 0.717) is 0 Å². The fourth-order valence-corrected chi connectivity index (χ4v) is 2.60. The highest BCUT2D eigenvalue weighted by Crippen LogP contribution is 2.13. The molecule has 0 aliphatic rings. The predicted molar refractivity (Wildman–Crippen MR) is 84.5 cm³/mol. The van der Waals surface area contributed by atoms with E-state index in [1.165, 1.54) is 75.1 Å². The van der Waals surface area contributed by atoms with Crippen molar-refractivity contribution in [2.45, 2.75) is 84.5 Å². The summed E-state index contributed by atoms with van der Waals surface area (Å²) in [6, 6.07) is 0. The van der Waals surface area contributed by atoms with Crippen LogP contribution in [0, 0.1) is 5.92 Å². The van der Waals surface area contributed by atoms with Gasteiger partial charge in [0.05, 0.1) is 0 Å². The molecule has 0 fully saturated rings. The summed E-state index contributed by atoms with van der Waals surface area (Å²) in [6.07, 6.45) is 16.1. The number of halogens is 1. The number of unbranched alkanes of at least 4 members (excludes halogenated alkanes) is 9. The summed E-state index contributed by atoms with van der Waals surface area (Å²) in [6.45, 7) is 4.66. The molecule has 1 heteroatoms. The van der Waals surface area contributed by atoms with Gasteiger partial charge >= 0.3 is 0 Å². The van der Waals surface area contributed by atoms with Crippen molar-refractivity contribution >= 4 is 22.6 Å². The second-order valence-corrected chi connectivity index (χ2v) is 6.49. The van der Waals surface area contributed by atoms with Crippen molar-refractivity contribution in [1.29, 1.82) is 0 Å². The average Bonchev–Trinajstić information content (AvgIpc) is 2.25. The predicted octanol–water partition coefficient (Wildman–Crippen LogP) is 6.37. The Kier molecular flexibility index (Phi) is 14.4. The van der Waals surface area contributed by atoms with E-state index in [1.807, 2.05) is 0 Å². The third kappa shape index (κ3) is 14.7. The van der Waals surface area contributed by atoms with Gasteiger partial charge in [0.2, 0.25) is 0 Å². The number of rotatable bonds is 12. The first kappa shape index (κ1) is 16.7. The molecule has 0 unspecified atom stereocenters. The summed E-state index contributed by atoms with van der Waals surface area (Å²) in [5.74, 6) is 0.901. The molecule has 98 valence electrons. The molecule has 0 bridgehead atoms. The van der Waals surface area contributed by atoms with Gasteiger partial charge in [0, 0.05) is 0 Å². The molecule has 0 aromatic carbocycles. The molecular formula is C15H31I. The van der Waals surface area contributed by atoms with Gasteiger partial charge in [-0.1, -0.05) is 101 Å². The van der Waals surface area contributed by atoms with Gasteiger partial charge in [0.15, 0.2) is 0 Å². The van der Waals surface area contributed by atoms with Crippen LogP contribution in [-0.4, -0.2) is 4.43 Å². The van der Waals surface area contributed by atoms with Crippen molar-refractivity contribution in [3.8, 4) is 0 Å². The van der Waals surface area contributed by atoms with E-state index in [0.717, 1.165) is 5.92 Å². The Morgan fingerprint density at radius 1 is 0.625 bits per heavy atom. The average molecular weight is 338 g/mol. The Labute approximate surface area is 117 Å². The highest BCUT2D eigenvalue weighted by atomic mass is 127. The highest BCUT2D eigenvalue weighted by Gasteiger charge is 1.95. The van der Waals surface area contributed by atoms with Crippen molar-refractivity contribution in [3.63, 3.8) is 0 Å². The first-order valence-corrected chi connectivity index (χ1v) is 8.86. The molecule has 0 amide bonds. The number of hydrogen-bond donors (Lipinski definition) is 0. The monoisotopic (exact) mass is 338 g/mol. The molecule has 0 aromatic rings. The second-order valence-electron chi connectivity index (χ2n) is 5.41. The number of alkyl halides is 1. The van der Waals surface area contributed by atoms with Crippen LogP contribution in [0.1, 0.15) is 84.5 Å². The summed E-state index contributed by atoms with van der Waals surface area (Å²) in [5, 5.41) is 0. The standard InChI is InChI=1S/C15H31I/c1-15(2)13-11-9-7-5-3-4-6-8-10-12-14-16/h15H,3-14H2,1-2H3. The molecule has 0 saturated heterocycles. The Morgan fingerprint density at radius 2 is 1.00 bits per heavy atom. The van der Waals surface area contributed by atoms with E-state index in [2.05, 4.69) is 36.4 Å². The van der Waals surface area contributed by atoms with E-state index in [9.17, 15) is 0 Å². The Hall–Kier alpha value is 0.730. The van der Waals surface area contributed by atoms with Gasteiger partial charge in [-0.25, -0.2) is 0 Å². The zero-order chi connectivity index (χ0) is 12.1. The lowest BCUT2D eigenvalue weighted by molar-refractivity contribution is 0.505. The third-order valence-electron chi connectivity index (χ3n) is 3.17. The van der Waals surface area contributed by atoms with Gasteiger partial charge in [-0.15, -0.1) is 0 Å². The fourth-order valence-electron chi connectivity index (χ4n) is 2.06. The first-order valence-electron chi connectivity index (χ1n) is 7.33.